The van der Waals surface area contributed by atoms with Gasteiger partial charge in [-0.3, -0.25) is 0 Å². The van der Waals surface area contributed by atoms with Crippen LogP contribution in [0.4, 0.5) is 0 Å². The second kappa shape index (κ2) is 5.45. The number of esters is 1. The number of nitrogens with one attached hydrogen (secondary N) is 1. The fourth-order valence-corrected chi connectivity index (χ4v) is 2.31. The van der Waals surface area contributed by atoms with Gasteiger partial charge in [-0.15, -0.1) is 0 Å². The molecule has 0 amide bonds. The SMILES string of the molecule is COC(=O)c1cnc(S(=O)(=O)CCCC#N)[nH]1. The molecule has 1 heterocycles. The topological polar surface area (TPSA) is 113 Å². The lowest BCUT2D eigenvalue weighted by molar-refractivity contribution is 0.0594. The van der Waals surface area contributed by atoms with Crippen molar-refractivity contribution in [3.8, 4) is 6.07 Å². The number of nitrogens with zero attached hydrogens (tertiary/aromatic N) is 2. The van der Waals surface area contributed by atoms with Crippen LogP contribution >= 0.6 is 0 Å². The molecule has 0 aliphatic carbocycles. The van der Waals surface area contributed by atoms with Crippen LogP contribution in [0.5, 0.6) is 0 Å². The molecule has 0 aromatic carbocycles. The van der Waals surface area contributed by atoms with Crippen LogP contribution in [0.1, 0.15) is 23.3 Å². The van der Waals surface area contributed by atoms with Crippen LogP contribution in [0.2, 0.25) is 0 Å². The number of unbranched alkanes of at least 4 members (excludes halogenated alkanes) is 1. The highest BCUT2D eigenvalue weighted by Gasteiger charge is 2.20. The van der Waals surface area contributed by atoms with E-state index in [-0.39, 0.29) is 29.4 Å². The molecular formula is C9H11N3O4S. The number of carbonyl (C=O) groups is 1. The van der Waals surface area contributed by atoms with E-state index in [0.717, 1.165) is 6.20 Å². The first-order valence-corrected chi connectivity index (χ1v) is 6.39. The zero-order valence-electron chi connectivity index (χ0n) is 9.13. The van der Waals surface area contributed by atoms with Gasteiger partial charge in [0.05, 0.1) is 25.1 Å². The molecule has 17 heavy (non-hydrogen) atoms. The molecule has 0 radical (unpaired) electrons. The molecule has 0 atom stereocenters. The lowest BCUT2D eigenvalue weighted by Gasteiger charge is -1.98. The summed E-state index contributed by atoms with van der Waals surface area (Å²) in [6.45, 7) is 0. The third-order valence-electron chi connectivity index (χ3n) is 1.95. The highest BCUT2D eigenvalue weighted by Crippen LogP contribution is 2.09. The van der Waals surface area contributed by atoms with E-state index in [9.17, 15) is 13.2 Å². The summed E-state index contributed by atoms with van der Waals surface area (Å²) in [6.07, 6.45) is 1.49. The highest BCUT2D eigenvalue weighted by atomic mass is 32.2. The Hall–Kier alpha value is -1.88. The predicted octanol–water partition coefficient (Wildman–Crippen LogP) is 0.274. The average molecular weight is 257 g/mol. The molecule has 0 aliphatic heterocycles. The normalized spacial score (nSPS) is 10.8. The van der Waals surface area contributed by atoms with Crippen LogP contribution in [-0.4, -0.2) is 37.2 Å². The molecule has 1 N–H and O–H groups in total. The molecule has 0 saturated carbocycles. The standard InChI is InChI=1S/C9H11N3O4S/c1-16-8(13)7-6-11-9(12-7)17(14,15)5-3-2-4-10/h6H,2-3,5H2,1H3,(H,11,12). The van der Waals surface area contributed by atoms with Gasteiger partial charge in [-0.2, -0.15) is 5.26 Å². The van der Waals surface area contributed by atoms with Gasteiger partial charge >= 0.3 is 5.97 Å². The number of rotatable bonds is 5. The molecule has 7 nitrogen and oxygen atoms in total. The van der Waals surface area contributed by atoms with E-state index in [1.807, 2.05) is 6.07 Å². The van der Waals surface area contributed by atoms with Crippen molar-refractivity contribution in [2.24, 2.45) is 0 Å². The number of ether oxygens (including phenoxy) is 1. The first-order valence-electron chi connectivity index (χ1n) is 4.74. The summed E-state index contributed by atoms with van der Waals surface area (Å²) in [5, 5.41) is 8.03. The maximum absolute atomic E-state index is 11.7. The highest BCUT2D eigenvalue weighted by molar-refractivity contribution is 7.91. The fraction of sp³-hybridized carbons (Fsp3) is 0.444. The van der Waals surface area contributed by atoms with Crippen molar-refractivity contribution < 1.29 is 17.9 Å². The Morgan fingerprint density at radius 2 is 2.35 bits per heavy atom. The smallest absolute Gasteiger partial charge is 0.356 e. The summed E-state index contributed by atoms with van der Waals surface area (Å²) in [5.41, 5.74) is -0.0219. The molecule has 1 aromatic heterocycles. The van der Waals surface area contributed by atoms with E-state index >= 15 is 0 Å². The molecule has 0 fully saturated rings. The van der Waals surface area contributed by atoms with Gasteiger partial charge in [-0.05, 0) is 6.42 Å². The van der Waals surface area contributed by atoms with Crippen molar-refractivity contribution in [1.29, 1.82) is 5.26 Å². The molecule has 0 saturated heterocycles. The van der Waals surface area contributed by atoms with Crippen molar-refractivity contribution >= 4 is 15.8 Å². The monoisotopic (exact) mass is 257 g/mol. The van der Waals surface area contributed by atoms with Crippen LogP contribution in [0.25, 0.3) is 0 Å². The molecule has 0 spiro atoms. The molecule has 1 rings (SSSR count). The van der Waals surface area contributed by atoms with Gasteiger partial charge in [0.25, 0.3) is 0 Å². The van der Waals surface area contributed by atoms with E-state index in [1.165, 1.54) is 7.11 Å². The molecular weight excluding hydrogens is 246 g/mol. The van der Waals surface area contributed by atoms with Crippen LogP contribution in [0.3, 0.4) is 0 Å². The first kappa shape index (κ1) is 13.2. The van der Waals surface area contributed by atoms with E-state index in [4.69, 9.17) is 5.26 Å². The Morgan fingerprint density at radius 3 is 2.94 bits per heavy atom. The van der Waals surface area contributed by atoms with Gasteiger partial charge in [0.15, 0.2) is 0 Å². The van der Waals surface area contributed by atoms with Crippen LogP contribution < -0.4 is 0 Å². The third-order valence-corrected chi connectivity index (χ3v) is 3.58. The van der Waals surface area contributed by atoms with Gasteiger partial charge in [-0.25, -0.2) is 18.2 Å². The largest absolute Gasteiger partial charge is 0.464 e. The molecule has 92 valence electrons. The number of imidazole rings is 1. The number of aromatic nitrogens is 2. The maximum atomic E-state index is 11.7. The maximum Gasteiger partial charge on any atom is 0.356 e. The fourth-order valence-electron chi connectivity index (χ4n) is 1.11. The van der Waals surface area contributed by atoms with Gasteiger partial charge in [0.1, 0.15) is 5.69 Å². The minimum absolute atomic E-state index is 0.0219. The minimum atomic E-state index is -3.58. The van der Waals surface area contributed by atoms with Crippen molar-refractivity contribution in [3.63, 3.8) is 0 Å². The Labute approximate surface area is 98.3 Å². The summed E-state index contributed by atoms with van der Waals surface area (Å²) < 4.78 is 27.8. The minimum Gasteiger partial charge on any atom is -0.464 e. The van der Waals surface area contributed by atoms with E-state index in [0.29, 0.717) is 0 Å². The number of sulfone groups is 1. The zero-order chi connectivity index (χ0) is 12.9. The summed E-state index contributed by atoms with van der Waals surface area (Å²) >= 11 is 0. The van der Waals surface area contributed by atoms with E-state index in [1.54, 1.807) is 0 Å². The van der Waals surface area contributed by atoms with Crippen molar-refractivity contribution in [3.05, 3.63) is 11.9 Å². The second-order valence-corrected chi connectivity index (χ2v) is 5.20. The summed E-state index contributed by atoms with van der Waals surface area (Å²) in [6, 6.07) is 1.86. The Morgan fingerprint density at radius 1 is 1.65 bits per heavy atom. The van der Waals surface area contributed by atoms with Crippen LogP contribution in [0.15, 0.2) is 11.4 Å². The lowest BCUT2D eigenvalue weighted by atomic mass is 10.4. The number of nitriles is 1. The second-order valence-electron chi connectivity index (χ2n) is 3.17. The van der Waals surface area contributed by atoms with Gasteiger partial charge in [0.2, 0.25) is 15.0 Å². The number of H-pyrrole nitrogens is 1. The van der Waals surface area contributed by atoms with Crippen molar-refractivity contribution in [1.82, 2.24) is 9.97 Å². The van der Waals surface area contributed by atoms with E-state index in [2.05, 4.69) is 14.7 Å². The number of aromatic amines is 1. The summed E-state index contributed by atoms with van der Waals surface area (Å²) in [4.78, 5) is 17.1. The Bertz CT molecular complexity index is 541. The lowest BCUT2D eigenvalue weighted by Crippen LogP contribution is -2.09. The molecule has 1 aromatic rings. The van der Waals surface area contributed by atoms with Crippen molar-refractivity contribution in [2.75, 3.05) is 12.9 Å². The molecule has 0 aliphatic rings. The van der Waals surface area contributed by atoms with Gasteiger partial charge in [0, 0.05) is 6.42 Å². The molecule has 8 heteroatoms. The van der Waals surface area contributed by atoms with Crippen molar-refractivity contribution in [2.45, 2.75) is 18.0 Å². The Kier molecular flexibility index (Phi) is 4.23. The number of hydrogen-bond acceptors (Lipinski definition) is 6. The van der Waals surface area contributed by atoms with Gasteiger partial charge < -0.3 is 9.72 Å². The summed E-state index contributed by atoms with van der Waals surface area (Å²) in [7, 11) is -2.39. The molecule has 0 bridgehead atoms. The quantitative estimate of drug-likeness (QED) is 0.598. The third kappa shape index (κ3) is 3.29. The first-order chi connectivity index (χ1) is 8.01. The number of methoxy groups -OCH3 is 1. The Balaban J connectivity index is 2.82. The average Bonchev–Trinajstić information content (AvgIpc) is 2.78. The van der Waals surface area contributed by atoms with Gasteiger partial charge in [-0.1, -0.05) is 0 Å². The predicted molar refractivity (Wildman–Crippen MR) is 56.8 cm³/mol. The molecule has 0 unspecified atom stereocenters. The summed E-state index contributed by atoms with van der Waals surface area (Å²) in [5.74, 6) is -0.870. The number of hydrogen-bond donors (Lipinski definition) is 1. The number of carbonyl (C=O) groups excluding carboxylic acids is 1. The van der Waals surface area contributed by atoms with Crippen LogP contribution in [0, 0.1) is 11.3 Å². The van der Waals surface area contributed by atoms with Crippen LogP contribution in [-0.2, 0) is 14.6 Å². The van der Waals surface area contributed by atoms with E-state index < -0.39 is 15.8 Å². The zero-order valence-corrected chi connectivity index (χ0v) is 9.95.